The first-order valence-electron chi connectivity index (χ1n) is 19.7. The Kier molecular flexibility index (Phi) is 13.6. The number of benzene rings is 5. The molecule has 1 aliphatic rings. The Morgan fingerprint density at radius 3 is 2.40 bits per heavy atom. The van der Waals surface area contributed by atoms with Gasteiger partial charge in [-0.1, -0.05) is 66.2 Å². The van der Waals surface area contributed by atoms with Crippen molar-refractivity contribution in [2.45, 2.75) is 47.1 Å². The van der Waals surface area contributed by atoms with Gasteiger partial charge in [-0.3, -0.25) is 14.8 Å². The van der Waals surface area contributed by atoms with Crippen LogP contribution in [0.5, 0.6) is 0 Å². The first-order chi connectivity index (χ1) is 28.9. The van der Waals surface area contributed by atoms with E-state index in [-0.39, 0.29) is 33.7 Å². The van der Waals surface area contributed by atoms with E-state index >= 15 is 0 Å². The summed E-state index contributed by atoms with van der Waals surface area (Å²) in [5.74, 6) is 0.737. The molecular weight excluding hydrogens is 818 g/mol. The monoisotopic (exact) mass is 865 g/mol. The van der Waals surface area contributed by atoms with Gasteiger partial charge in [0.1, 0.15) is 12.0 Å². The van der Waals surface area contributed by atoms with E-state index in [4.69, 9.17) is 16.3 Å². The van der Waals surface area contributed by atoms with Crippen molar-refractivity contribution in [1.29, 1.82) is 0 Å². The molecule has 1 atom stereocenters. The molecule has 1 saturated heterocycles. The zero-order chi connectivity index (χ0) is 42.3. The van der Waals surface area contributed by atoms with Gasteiger partial charge in [-0.15, -0.1) is 11.8 Å². The molecule has 0 aliphatic carbocycles. The Labute approximate surface area is 360 Å². The number of rotatable bonds is 17. The zero-order valence-corrected chi connectivity index (χ0v) is 36.1. The second-order valence-corrected chi connectivity index (χ2v) is 18.4. The molecule has 0 spiro atoms. The van der Waals surface area contributed by atoms with Crippen LogP contribution in [-0.4, -0.2) is 86.4 Å². The molecule has 0 amide bonds. The highest BCUT2D eigenvalue weighted by Crippen LogP contribution is 2.37. The van der Waals surface area contributed by atoms with Gasteiger partial charge in [-0.05, 0) is 111 Å². The maximum absolute atomic E-state index is 13.8. The second kappa shape index (κ2) is 19.0. The SMILES string of the molecule is COC1(Cc2ccccc2-c2ccc(Cl)cc2)CCN(c2ccc3c(NS(=O)(=O)c4ccc(NC(CCN(C)C)CSc5ccccc5)c([N+](=O)[O-])c4)ncnc3c2)CC1. The van der Waals surface area contributed by atoms with Crippen molar-refractivity contribution in [2.75, 3.05) is 61.5 Å². The zero-order valence-electron chi connectivity index (χ0n) is 33.8. The summed E-state index contributed by atoms with van der Waals surface area (Å²) >= 11 is 7.83. The van der Waals surface area contributed by atoms with E-state index in [1.54, 1.807) is 24.9 Å². The fourth-order valence-corrected chi connectivity index (χ4v) is 9.73. The third-order valence-corrected chi connectivity index (χ3v) is 13.7. The molecule has 1 unspecified atom stereocenters. The van der Waals surface area contributed by atoms with Gasteiger partial charge in [-0.25, -0.2) is 18.4 Å². The molecule has 1 fully saturated rings. The van der Waals surface area contributed by atoms with Crippen molar-refractivity contribution in [3.8, 4) is 11.1 Å². The molecule has 0 radical (unpaired) electrons. The second-order valence-electron chi connectivity index (χ2n) is 15.2. The van der Waals surface area contributed by atoms with Gasteiger partial charge < -0.3 is 19.9 Å². The van der Waals surface area contributed by atoms with Gasteiger partial charge in [-0.2, -0.15) is 0 Å². The highest BCUT2D eigenvalue weighted by molar-refractivity contribution is 7.99. The standard InChI is InChI=1S/C45H48ClN7O5S2/c1-51(2)24-21-35(30-59-37-10-5-4-6-11-37)49-41-20-18-38(28-43(41)53(54)55)60(56,57)50-44-40-19-17-36(27-42(40)47-31-48-44)52-25-22-45(58-3,23-26-52)29-33-9-7-8-12-39(33)32-13-15-34(46)16-14-32/h4-20,27-28,31,35,49H,21-26,29-30H2,1-3H3,(H,47,48,50). The summed E-state index contributed by atoms with van der Waals surface area (Å²) in [6.45, 7) is 2.26. The fraction of sp³-hybridized carbons (Fsp3) is 0.289. The number of hydrogen-bond acceptors (Lipinski definition) is 11. The maximum Gasteiger partial charge on any atom is 0.293 e. The molecule has 6 aromatic rings. The van der Waals surface area contributed by atoms with Crippen molar-refractivity contribution >= 4 is 67.2 Å². The van der Waals surface area contributed by atoms with Gasteiger partial charge in [0.15, 0.2) is 5.82 Å². The molecule has 60 heavy (non-hydrogen) atoms. The lowest BCUT2D eigenvalue weighted by molar-refractivity contribution is -0.384. The van der Waals surface area contributed by atoms with Crippen molar-refractivity contribution in [3.63, 3.8) is 0 Å². The topological polar surface area (TPSA) is 143 Å². The summed E-state index contributed by atoms with van der Waals surface area (Å²) in [7, 11) is 1.46. The summed E-state index contributed by atoms with van der Waals surface area (Å²) < 4.78 is 36.4. The van der Waals surface area contributed by atoms with Gasteiger partial charge in [0, 0.05) is 65.5 Å². The Bertz CT molecular complexity index is 2540. The van der Waals surface area contributed by atoms with Crippen LogP contribution in [0.25, 0.3) is 22.0 Å². The molecular formula is C45H48ClN7O5S2. The van der Waals surface area contributed by atoms with E-state index in [1.165, 1.54) is 24.0 Å². The van der Waals surface area contributed by atoms with Crippen LogP contribution in [0.2, 0.25) is 5.02 Å². The third kappa shape index (κ3) is 10.4. The number of ether oxygens (including phenoxy) is 1. The lowest BCUT2D eigenvalue weighted by Gasteiger charge is -2.42. The minimum atomic E-state index is -4.28. The number of anilines is 3. The smallest absolute Gasteiger partial charge is 0.293 e. The van der Waals surface area contributed by atoms with E-state index in [2.05, 4.69) is 48.0 Å². The highest BCUT2D eigenvalue weighted by atomic mass is 35.5. The van der Waals surface area contributed by atoms with Crippen LogP contribution in [0.4, 0.5) is 22.9 Å². The van der Waals surface area contributed by atoms with E-state index < -0.39 is 14.9 Å². The molecule has 0 saturated carbocycles. The number of piperidine rings is 1. The van der Waals surface area contributed by atoms with Crippen LogP contribution < -0.4 is 14.9 Å². The number of nitro benzene ring substituents is 1. The molecule has 1 aromatic heterocycles. The number of nitrogens with zero attached hydrogens (tertiary/aromatic N) is 5. The van der Waals surface area contributed by atoms with Crippen LogP contribution in [0.3, 0.4) is 0 Å². The first-order valence-corrected chi connectivity index (χ1v) is 22.6. The van der Waals surface area contributed by atoms with Crippen LogP contribution in [0.1, 0.15) is 24.8 Å². The molecule has 2 heterocycles. The molecule has 312 valence electrons. The van der Waals surface area contributed by atoms with Crippen LogP contribution in [-0.2, 0) is 21.2 Å². The number of thioether (sulfide) groups is 1. The van der Waals surface area contributed by atoms with Gasteiger partial charge in [0.05, 0.1) is 20.9 Å². The number of nitro groups is 1. The molecule has 5 aromatic carbocycles. The number of methoxy groups -OCH3 is 1. The highest BCUT2D eigenvalue weighted by Gasteiger charge is 2.36. The number of fused-ring (bicyclic) bond motifs is 1. The van der Waals surface area contributed by atoms with E-state index in [0.717, 1.165) is 73.1 Å². The van der Waals surface area contributed by atoms with Gasteiger partial charge in [0.25, 0.3) is 15.7 Å². The number of nitrogens with one attached hydrogen (secondary N) is 2. The van der Waals surface area contributed by atoms with E-state index in [9.17, 15) is 18.5 Å². The van der Waals surface area contributed by atoms with E-state index in [0.29, 0.717) is 21.7 Å². The summed E-state index contributed by atoms with van der Waals surface area (Å²) in [6.07, 6.45) is 4.40. The van der Waals surface area contributed by atoms with Crippen molar-refractivity contribution in [1.82, 2.24) is 14.9 Å². The maximum atomic E-state index is 13.8. The quantitative estimate of drug-likeness (QED) is 0.0514. The normalized spacial score (nSPS) is 14.6. The summed E-state index contributed by atoms with van der Waals surface area (Å²) in [5.41, 5.74) is 4.57. The average Bonchev–Trinajstić information content (AvgIpc) is 3.25. The Balaban J connectivity index is 1.04. The predicted octanol–water partition coefficient (Wildman–Crippen LogP) is 9.41. The van der Waals surface area contributed by atoms with Crippen molar-refractivity contribution < 1.29 is 18.1 Å². The van der Waals surface area contributed by atoms with E-state index in [1.807, 2.05) is 86.9 Å². The van der Waals surface area contributed by atoms with Crippen LogP contribution in [0.15, 0.2) is 131 Å². The summed E-state index contributed by atoms with van der Waals surface area (Å²) in [5, 5.41) is 16.9. The summed E-state index contributed by atoms with van der Waals surface area (Å²) in [4.78, 5) is 25.7. The predicted molar refractivity (Wildman–Crippen MR) is 243 cm³/mol. The van der Waals surface area contributed by atoms with Gasteiger partial charge >= 0.3 is 0 Å². The number of aromatic nitrogens is 2. The third-order valence-electron chi connectivity index (χ3n) is 11.0. The lowest BCUT2D eigenvalue weighted by atomic mass is 9.82. The molecule has 12 nitrogen and oxygen atoms in total. The fourth-order valence-electron chi connectivity index (χ4n) is 7.56. The Morgan fingerprint density at radius 2 is 1.68 bits per heavy atom. The minimum absolute atomic E-state index is 0.0782. The average molecular weight is 867 g/mol. The molecule has 15 heteroatoms. The molecule has 1 aliphatic heterocycles. The van der Waals surface area contributed by atoms with Crippen LogP contribution in [0, 0.1) is 10.1 Å². The molecule has 7 rings (SSSR count). The van der Waals surface area contributed by atoms with Crippen molar-refractivity contribution in [3.05, 3.63) is 142 Å². The Morgan fingerprint density at radius 1 is 0.950 bits per heavy atom. The summed E-state index contributed by atoms with van der Waals surface area (Å²) in [6, 6.07) is 35.7. The Hall–Kier alpha value is -5.25. The van der Waals surface area contributed by atoms with Crippen LogP contribution >= 0.6 is 23.4 Å². The van der Waals surface area contributed by atoms with Crippen molar-refractivity contribution in [2.24, 2.45) is 0 Å². The largest absolute Gasteiger partial charge is 0.378 e. The minimum Gasteiger partial charge on any atom is -0.378 e. The number of sulfonamides is 1. The molecule has 0 bridgehead atoms. The lowest BCUT2D eigenvalue weighted by Crippen LogP contribution is -2.47. The number of hydrogen-bond donors (Lipinski definition) is 2. The number of halogens is 1. The molecule has 2 N–H and O–H groups in total. The van der Waals surface area contributed by atoms with Gasteiger partial charge in [0.2, 0.25) is 0 Å². The first kappa shape index (κ1) is 42.9.